The van der Waals surface area contributed by atoms with Gasteiger partial charge < -0.3 is 28.6 Å². The molecule has 2 aromatic heterocycles. The van der Waals surface area contributed by atoms with Crippen LogP contribution in [-0.4, -0.2) is 88.9 Å². The molecule has 53 heavy (non-hydrogen) atoms. The highest BCUT2D eigenvalue weighted by molar-refractivity contribution is 5.98. The number of hydrogen-bond acceptors (Lipinski definition) is 9. The maximum absolute atomic E-state index is 14.1. The van der Waals surface area contributed by atoms with Gasteiger partial charge in [-0.05, 0) is 87.3 Å². The molecule has 1 atom stereocenters. The number of methoxy groups -OCH3 is 2. The highest BCUT2D eigenvalue weighted by Gasteiger charge is 2.42. The van der Waals surface area contributed by atoms with E-state index < -0.39 is 5.97 Å². The number of likely N-dealkylation sites (tertiary alicyclic amines) is 2. The van der Waals surface area contributed by atoms with Crippen molar-refractivity contribution in [1.29, 1.82) is 0 Å². The number of carbonyl (C=O) groups excluding carboxylic acids is 3. The summed E-state index contributed by atoms with van der Waals surface area (Å²) < 4.78 is 18.3. The Hall–Kier alpha value is -5.55. The summed E-state index contributed by atoms with van der Waals surface area (Å²) in [6.07, 6.45) is 4.98. The van der Waals surface area contributed by atoms with Crippen molar-refractivity contribution in [2.45, 2.75) is 44.6 Å². The molecule has 5 aromatic rings. The molecular formula is C42H45N5O6. The first kappa shape index (κ1) is 35.8. The van der Waals surface area contributed by atoms with Crippen molar-refractivity contribution >= 4 is 28.7 Å². The number of imidazole rings is 1. The van der Waals surface area contributed by atoms with Crippen LogP contribution in [0.3, 0.4) is 0 Å². The minimum Gasteiger partial charge on any atom is -0.493 e. The summed E-state index contributed by atoms with van der Waals surface area (Å²) in [4.78, 5) is 53.6. The van der Waals surface area contributed by atoms with Crippen LogP contribution in [-0.2, 0) is 16.8 Å². The molecule has 11 heteroatoms. The zero-order chi connectivity index (χ0) is 37.0. The molecule has 0 saturated carbocycles. The molecule has 7 rings (SSSR count). The molecule has 0 N–H and O–H groups in total. The summed E-state index contributed by atoms with van der Waals surface area (Å²) in [5, 5.41) is 0. The summed E-state index contributed by atoms with van der Waals surface area (Å²) in [7, 11) is 2.95. The maximum atomic E-state index is 14.1. The van der Waals surface area contributed by atoms with E-state index in [1.807, 2.05) is 58.0 Å². The molecule has 0 bridgehead atoms. The van der Waals surface area contributed by atoms with Crippen LogP contribution in [0, 0.1) is 5.92 Å². The summed E-state index contributed by atoms with van der Waals surface area (Å²) >= 11 is 0. The zero-order valence-electron chi connectivity index (χ0n) is 30.5. The number of nitrogens with zero attached hydrogens (tertiary/aromatic N) is 5. The molecule has 0 aliphatic carbocycles. The van der Waals surface area contributed by atoms with Crippen molar-refractivity contribution < 1.29 is 28.6 Å². The fourth-order valence-corrected chi connectivity index (χ4v) is 7.94. The number of rotatable bonds is 12. The second kappa shape index (κ2) is 15.6. The highest BCUT2D eigenvalue weighted by atomic mass is 16.6. The third kappa shape index (κ3) is 7.52. The number of piperidine rings is 1. The molecule has 2 fully saturated rings. The third-order valence-corrected chi connectivity index (χ3v) is 10.8. The number of esters is 1. The molecule has 11 nitrogen and oxygen atoms in total. The summed E-state index contributed by atoms with van der Waals surface area (Å²) in [6.45, 7) is 5.40. The first-order chi connectivity index (χ1) is 25.8. The molecule has 1 amide bonds. The smallest absolute Gasteiger partial charge is 0.308 e. The Morgan fingerprint density at radius 1 is 0.868 bits per heavy atom. The predicted octanol–water partition coefficient (Wildman–Crippen LogP) is 6.19. The monoisotopic (exact) mass is 715 g/mol. The Labute approximate surface area is 309 Å². The standard InChI is InChI=1S/C42H45N5O6/c1-29(48)53-37-26-31(25-36(51-2)39(37)52-3)41(50)46-24-19-42(28-46,32-11-5-4-6-12-32)18-23-45-21-16-30(17-22-45)38(49)40-44-34-14-7-8-15-35(34)47(40)27-33-13-9-10-20-43-33/h4-15,20,25-26,30H,16-19,21-24,27-28H2,1-3H3. The molecular weight excluding hydrogens is 670 g/mol. The largest absolute Gasteiger partial charge is 0.493 e. The Morgan fingerprint density at radius 3 is 2.32 bits per heavy atom. The lowest BCUT2D eigenvalue weighted by molar-refractivity contribution is -0.132. The first-order valence-electron chi connectivity index (χ1n) is 18.2. The third-order valence-electron chi connectivity index (χ3n) is 10.8. The first-order valence-corrected chi connectivity index (χ1v) is 18.2. The molecule has 3 aromatic carbocycles. The number of amides is 1. The van der Waals surface area contributed by atoms with Crippen LogP contribution in [0.1, 0.15) is 64.8 Å². The van der Waals surface area contributed by atoms with E-state index in [4.69, 9.17) is 19.2 Å². The van der Waals surface area contributed by atoms with Gasteiger partial charge in [-0.15, -0.1) is 0 Å². The zero-order valence-corrected chi connectivity index (χ0v) is 30.5. The van der Waals surface area contributed by atoms with E-state index in [0.29, 0.717) is 36.8 Å². The van der Waals surface area contributed by atoms with Crippen LogP contribution in [0.25, 0.3) is 11.0 Å². The van der Waals surface area contributed by atoms with E-state index in [2.05, 4.69) is 34.1 Å². The van der Waals surface area contributed by atoms with Crippen LogP contribution < -0.4 is 14.2 Å². The van der Waals surface area contributed by atoms with Gasteiger partial charge in [0.2, 0.25) is 11.5 Å². The molecule has 1 unspecified atom stereocenters. The quantitative estimate of drug-likeness (QED) is 0.0847. The molecule has 2 aliphatic rings. The van der Waals surface area contributed by atoms with Gasteiger partial charge in [0.05, 0.1) is 37.5 Å². The average Bonchev–Trinajstić information content (AvgIpc) is 3.80. The van der Waals surface area contributed by atoms with Gasteiger partial charge in [-0.2, -0.15) is 0 Å². The number of Topliss-reactive ketones (excluding diaryl/α,β-unsaturated/α-hetero) is 1. The van der Waals surface area contributed by atoms with Crippen LogP contribution in [0.15, 0.2) is 91.1 Å². The van der Waals surface area contributed by atoms with Crippen molar-refractivity contribution in [2.75, 3.05) is 46.9 Å². The highest BCUT2D eigenvalue weighted by Crippen LogP contribution is 2.42. The van der Waals surface area contributed by atoms with E-state index in [-0.39, 0.29) is 34.5 Å². The number of aromatic nitrogens is 3. The number of para-hydroxylation sites is 2. The van der Waals surface area contributed by atoms with E-state index >= 15 is 0 Å². The van der Waals surface area contributed by atoms with E-state index in [0.717, 1.165) is 62.0 Å². The molecule has 2 aliphatic heterocycles. The number of fused-ring (bicyclic) bond motifs is 1. The maximum Gasteiger partial charge on any atom is 0.308 e. The number of ether oxygens (including phenoxy) is 3. The lowest BCUT2D eigenvalue weighted by atomic mass is 9.76. The molecule has 0 spiro atoms. The molecule has 2 saturated heterocycles. The van der Waals surface area contributed by atoms with Gasteiger partial charge in [-0.1, -0.05) is 48.5 Å². The average molecular weight is 716 g/mol. The Balaban J connectivity index is 1.04. The SMILES string of the molecule is COc1cc(C(=O)N2CCC(CCN3CCC(C(=O)c4nc5ccccc5n4Cc4ccccn4)CC3)(c3ccccc3)C2)cc(OC(C)=O)c1OC. The van der Waals surface area contributed by atoms with Crippen molar-refractivity contribution in [3.8, 4) is 17.2 Å². The molecule has 274 valence electrons. The van der Waals surface area contributed by atoms with E-state index in [9.17, 15) is 14.4 Å². The summed E-state index contributed by atoms with van der Waals surface area (Å²) in [5.74, 6) is 0.523. The number of carbonyl (C=O) groups is 3. The van der Waals surface area contributed by atoms with Gasteiger partial charge in [0.15, 0.2) is 17.3 Å². The van der Waals surface area contributed by atoms with Gasteiger partial charge >= 0.3 is 5.97 Å². The number of pyridine rings is 1. The Morgan fingerprint density at radius 2 is 1.60 bits per heavy atom. The number of ketones is 1. The van der Waals surface area contributed by atoms with Crippen molar-refractivity contribution in [1.82, 2.24) is 24.3 Å². The molecule has 4 heterocycles. The minimum atomic E-state index is -0.520. The normalized spacial score (nSPS) is 17.9. The van der Waals surface area contributed by atoms with Crippen molar-refractivity contribution in [3.05, 3.63) is 114 Å². The Bertz CT molecular complexity index is 2090. The minimum absolute atomic E-state index is 0.0921. The van der Waals surface area contributed by atoms with Gasteiger partial charge in [0.25, 0.3) is 5.91 Å². The van der Waals surface area contributed by atoms with Crippen molar-refractivity contribution in [2.24, 2.45) is 5.92 Å². The second-order valence-corrected chi connectivity index (χ2v) is 14.0. The lowest BCUT2D eigenvalue weighted by Gasteiger charge is -2.36. The van der Waals surface area contributed by atoms with Crippen molar-refractivity contribution in [3.63, 3.8) is 0 Å². The Kier molecular flexibility index (Phi) is 10.5. The number of benzene rings is 3. The van der Waals surface area contributed by atoms with Gasteiger partial charge in [0, 0.05) is 43.1 Å². The fraction of sp³-hybridized carbons (Fsp3) is 0.357. The topological polar surface area (TPSA) is 116 Å². The predicted molar refractivity (Wildman–Crippen MR) is 201 cm³/mol. The lowest BCUT2D eigenvalue weighted by Crippen LogP contribution is -2.41. The van der Waals surface area contributed by atoms with E-state index in [1.165, 1.54) is 26.7 Å². The van der Waals surface area contributed by atoms with E-state index in [1.54, 1.807) is 18.3 Å². The van der Waals surface area contributed by atoms with Gasteiger partial charge in [-0.25, -0.2) is 4.98 Å². The molecule has 0 radical (unpaired) electrons. The van der Waals surface area contributed by atoms with Crippen LogP contribution >= 0.6 is 0 Å². The van der Waals surface area contributed by atoms with Crippen LogP contribution in [0.5, 0.6) is 17.2 Å². The van der Waals surface area contributed by atoms with Gasteiger partial charge in [0.1, 0.15) is 0 Å². The summed E-state index contributed by atoms with van der Waals surface area (Å²) in [5.41, 5.74) is 3.97. The van der Waals surface area contributed by atoms with Crippen LogP contribution in [0.2, 0.25) is 0 Å². The van der Waals surface area contributed by atoms with Gasteiger partial charge in [-0.3, -0.25) is 19.4 Å². The second-order valence-electron chi connectivity index (χ2n) is 14.0. The summed E-state index contributed by atoms with van der Waals surface area (Å²) in [6, 6.07) is 27.3. The van der Waals surface area contributed by atoms with Crippen LogP contribution in [0.4, 0.5) is 0 Å². The number of hydrogen-bond donors (Lipinski definition) is 0. The fourth-order valence-electron chi connectivity index (χ4n) is 7.94.